The van der Waals surface area contributed by atoms with Crippen LogP contribution >= 0.6 is 0 Å². The highest BCUT2D eigenvalue weighted by Gasteiger charge is 2.29. The number of para-hydroxylation sites is 4. The van der Waals surface area contributed by atoms with Gasteiger partial charge in [0, 0.05) is 6.20 Å². The average molecular weight is 516 g/mol. The predicted octanol–water partition coefficient (Wildman–Crippen LogP) is 5.41. The molecule has 2 amide bonds. The molecule has 196 valence electrons. The molecule has 0 saturated heterocycles. The van der Waals surface area contributed by atoms with E-state index >= 15 is 0 Å². The van der Waals surface area contributed by atoms with Crippen LogP contribution < -0.4 is 30.2 Å². The maximum Gasteiger partial charge on any atom is 0.433 e. The predicted molar refractivity (Wildman–Crippen MR) is 148 cm³/mol. The van der Waals surface area contributed by atoms with Crippen molar-refractivity contribution >= 4 is 40.5 Å². The first-order valence-electron chi connectivity index (χ1n) is 11.9. The number of hydrazine groups is 1. The van der Waals surface area contributed by atoms with Crippen molar-refractivity contribution in [2.75, 3.05) is 41.6 Å². The number of carbonyl (C=O) groups is 2. The molecular formula is C28H29N5O5. The number of methoxy groups -OCH3 is 2. The summed E-state index contributed by atoms with van der Waals surface area (Å²) in [5.41, 5.74) is 6.39. The quantitative estimate of drug-likeness (QED) is 0.290. The zero-order chi connectivity index (χ0) is 27.1. The Morgan fingerprint density at radius 2 is 1.55 bits per heavy atom. The number of benzene rings is 3. The van der Waals surface area contributed by atoms with Crippen LogP contribution in [-0.4, -0.2) is 38.5 Å². The number of hydrazone groups is 1. The Balaban J connectivity index is 1.55. The zero-order valence-electron chi connectivity index (χ0n) is 21.6. The van der Waals surface area contributed by atoms with E-state index in [1.54, 1.807) is 70.7 Å². The fourth-order valence-electron chi connectivity index (χ4n) is 3.78. The van der Waals surface area contributed by atoms with Crippen molar-refractivity contribution in [2.24, 2.45) is 5.10 Å². The highest BCUT2D eigenvalue weighted by Crippen LogP contribution is 2.30. The van der Waals surface area contributed by atoms with E-state index in [0.29, 0.717) is 39.8 Å². The molecule has 0 unspecified atom stereocenters. The molecule has 0 radical (unpaired) electrons. The minimum Gasteiger partial charge on any atom is -0.495 e. The van der Waals surface area contributed by atoms with E-state index in [1.807, 2.05) is 36.4 Å². The lowest BCUT2D eigenvalue weighted by atomic mass is 10.2. The number of hydrogen-bond acceptors (Lipinski definition) is 8. The van der Waals surface area contributed by atoms with E-state index in [-0.39, 0.29) is 12.5 Å². The van der Waals surface area contributed by atoms with Crippen molar-refractivity contribution in [3.05, 3.63) is 84.6 Å². The summed E-state index contributed by atoms with van der Waals surface area (Å²) in [5, 5.41) is 10.1. The first-order chi connectivity index (χ1) is 18.5. The van der Waals surface area contributed by atoms with Gasteiger partial charge in [0.15, 0.2) is 0 Å². The van der Waals surface area contributed by atoms with E-state index in [4.69, 9.17) is 14.2 Å². The van der Waals surface area contributed by atoms with Crippen LogP contribution in [0, 0.1) is 0 Å². The monoisotopic (exact) mass is 515 g/mol. The van der Waals surface area contributed by atoms with Gasteiger partial charge in [-0.1, -0.05) is 24.3 Å². The number of nitrogens with one attached hydrogen (secondary N) is 2. The van der Waals surface area contributed by atoms with E-state index in [0.717, 1.165) is 5.69 Å². The molecule has 3 aromatic carbocycles. The number of carbonyl (C=O) groups excluding carboxylic acids is 2. The number of rotatable bonds is 9. The molecule has 2 N–H and O–H groups in total. The van der Waals surface area contributed by atoms with Crippen molar-refractivity contribution in [3.63, 3.8) is 0 Å². The molecule has 0 atom stereocenters. The van der Waals surface area contributed by atoms with Gasteiger partial charge in [0.25, 0.3) is 5.91 Å². The highest BCUT2D eigenvalue weighted by molar-refractivity contribution is 6.29. The molecule has 0 aliphatic carbocycles. The summed E-state index contributed by atoms with van der Waals surface area (Å²) in [7, 11) is 3.13. The lowest BCUT2D eigenvalue weighted by Crippen LogP contribution is -2.37. The number of anilines is 4. The van der Waals surface area contributed by atoms with Crippen LogP contribution in [-0.2, 0) is 9.53 Å². The van der Waals surface area contributed by atoms with Gasteiger partial charge >= 0.3 is 6.09 Å². The molecule has 38 heavy (non-hydrogen) atoms. The Morgan fingerprint density at radius 3 is 2.18 bits per heavy atom. The summed E-state index contributed by atoms with van der Waals surface area (Å²) in [5.74, 6) is 0.934. The smallest absolute Gasteiger partial charge is 0.433 e. The molecule has 10 heteroatoms. The lowest BCUT2D eigenvalue weighted by molar-refractivity contribution is -0.114. The summed E-state index contributed by atoms with van der Waals surface area (Å²) in [4.78, 5) is 25.9. The van der Waals surface area contributed by atoms with Gasteiger partial charge in [0.05, 0.1) is 54.9 Å². The minimum atomic E-state index is -0.593. The third-order valence-electron chi connectivity index (χ3n) is 5.68. The molecule has 1 aliphatic rings. The first-order valence-corrected chi connectivity index (χ1v) is 11.9. The highest BCUT2D eigenvalue weighted by atomic mass is 16.6. The molecule has 10 nitrogen and oxygen atoms in total. The molecular weight excluding hydrogens is 486 g/mol. The average Bonchev–Trinajstić information content (AvgIpc) is 3.23. The Hall–Kier alpha value is -4.99. The maximum absolute atomic E-state index is 13.2. The molecule has 0 aromatic heterocycles. The SMILES string of the molecule is CCOC(=O)N(Nc1ccccc1OC)c1ccc(N2N=C(C)C(=CNc3ccccc3OC)C2=O)cc1. The maximum atomic E-state index is 13.2. The van der Waals surface area contributed by atoms with Gasteiger partial charge in [0.1, 0.15) is 11.5 Å². The molecule has 0 saturated carbocycles. The third kappa shape index (κ3) is 5.54. The third-order valence-corrected chi connectivity index (χ3v) is 5.68. The molecule has 4 rings (SSSR count). The van der Waals surface area contributed by atoms with Gasteiger partial charge in [-0.3, -0.25) is 10.2 Å². The second-order valence-electron chi connectivity index (χ2n) is 8.07. The topological polar surface area (TPSA) is 105 Å². The van der Waals surface area contributed by atoms with E-state index in [2.05, 4.69) is 15.8 Å². The van der Waals surface area contributed by atoms with Gasteiger partial charge in [0.2, 0.25) is 0 Å². The van der Waals surface area contributed by atoms with Crippen LogP contribution in [0.3, 0.4) is 0 Å². The van der Waals surface area contributed by atoms with Gasteiger partial charge in [-0.05, 0) is 62.4 Å². The molecule has 1 heterocycles. The largest absolute Gasteiger partial charge is 0.495 e. The van der Waals surface area contributed by atoms with E-state index < -0.39 is 6.09 Å². The Kier molecular flexibility index (Phi) is 8.12. The summed E-state index contributed by atoms with van der Waals surface area (Å²) >= 11 is 0. The normalized spacial score (nSPS) is 13.7. The van der Waals surface area contributed by atoms with Gasteiger partial charge in [-0.25, -0.2) is 4.79 Å². The zero-order valence-corrected chi connectivity index (χ0v) is 21.6. The van der Waals surface area contributed by atoms with E-state index in [9.17, 15) is 9.59 Å². The number of amides is 2. The summed E-state index contributed by atoms with van der Waals surface area (Å²) in [6.45, 7) is 3.70. The first kappa shape index (κ1) is 26.1. The van der Waals surface area contributed by atoms with Crippen molar-refractivity contribution in [3.8, 4) is 11.5 Å². The molecule has 1 aliphatic heterocycles. The molecule has 0 spiro atoms. The molecule has 0 bridgehead atoms. The van der Waals surface area contributed by atoms with Crippen molar-refractivity contribution in [1.29, 1.82) is 0 Å². The minimum absolute atomic E-state index is 0.204. The molecule has 0 fully saturated rings. The fraction of sp³-hybridized carbons (Fsp3) is 0.179. The van der Waals surface area contributed by atoms with Crippen molar-refractivity contribution in [2.45, 2.75) is 13.8 Å². The summed E-state index contributed by atoms with van der Waals surface area (Å²) in [6, 6.07) is 21.4. The van der Waals surface area contributed by atoms with Crippen LogP contribution in [0.2, 0.25) is 0 Å². The van der Waals surface area contributed by atoms with Gasteiger partial charge in [-0.15, -0.1) is 0 Å². The number of nitrogens with zero attached hydrogens (tertiary/aromatic N) is 3. The van der Waals surface area contributed by atoms with Crippen LogP contribution in [0.4, 0.5) is 27.5 Å². The molecule has 3 aromatic rings. The fourth-order valence-corrected chi connectivity index (χ4v) is 3.78. The number of ether oxygens (including phenoxy) is 3. The van der Waals surface area contributed by atoms with Crippen LogP contribution in [0.1, 0.15) is 13.8 Å². The van der Waals surface area contributed by atoms with Crippen molar-refractivity contribution < 1.29 is 23.8 Å². The second-order valence-corrected chi connectivity index (χ2v) is 8.07. The van der Waals surface area contributed by atoms with E-state index in [1.165, 1.54) is 10.0 Å². The van der Waals surface area contributed by atoms with Crippen LogP contribution in [0.5, 0.6) is 11.5 Å². The summed E-state index contributed by atoms with van der Waals surface area (Å²) in [6.07, 6.45) is 1.03. The second kappa shape index (κ2) is 11.8. The standard InChI is InChI=1S/C28H29N5O5/c1-5-38-28(35)33(31-24-11-7-9-13-26(24)37-4)21-16-14-20(15-17-21)32-27(34)22(19(2)30-32)18-29-23-10-6-8-12-25(23)36-3/h6-18,29,31H,5H2,1-4H3. The van der Waals surface area contributed by atoms with Crippen LogP contribution in [0.15, 0.2) is 89.7 Å². The van der Waals surface area contributed by atoms with Crippen LogP contribution in [0.25, 0.3) is 0 Å². The van der Waals surface area contributed by atoms with Gasteiger partial charge < -0.3 is 19.5 Å². The van der Waals surface area contributed by atoms with Gasteiger partial charge in [-0.2, -0.15) is 15.1 Å². The summed E-state index contributed by atoms with van der Waals surface area (Å²) < 4.78 is 16.0. The Morgan fingerprint density at radius 1 is 0.947 bits per heavy atom. The lowest BCUT2D eigenvalue weighted by Gasteiger charge is -2.25. The Labute approximate surface area is 221 Å². The Bertz CT molecular complexity index is 1370. The van der Waals surface area contributed by atoms with Crippen molar-refractivity contribution in [1.82, 2.24) is 0 Å². The number of hydrogen-bond donors (Lipinski definition) is 2.